The van der Waals surface area contributed by atoms with Gasteiger partial charge in [-0.05, 0) is 25.1 Å². The van der Waals surface area contributed by atoms with Crippen LogP contribution >= 0.6 is 0 Å². The lowest BCUT2D eigenvalue weighted by atomic mass is 10.1. The first kappa shape index (κ1) is 17.6. The molecule has 0 amide bonds. The molecule has 25 heavy (non-hydrogen) atoms. The molecule has 2 aromatic rings. The fourth-order valence-electron chi connectivity index (χ4n) is 3.06. The van der Waals surface area contributed by atoms with Gasteiger partial charge in [-0.1, -0.05) is 0 Å². The summed E-state index contributed by atoms with van der Waals surface area (Å²) >= 11 is 0. The highest BCUT2D eigenvalue weighted by Crippen LogP contribution is 2.32. The maximum Gasteiger partial charge on any atom is 0.341 e. The molecule has 0 aliphatic carbocycles. The third-order valence-electron chi connectivity index (χ3n) is 4.10. The summed E-state index contributed by atoms with van der Waals surface area (Å²) in [5.74, 6) is -0.843. The number of ether oxygens (including phenoxy) is 3. The molecule has 1 fully saturated rings. The van der Waals surface area contributed by atoms with Crippen molar-refractivity contribution in [2.75, 3.05) is 44.9 Å². The third-order valence-corrected chi connectivity index (χ3v) is 4.10. The zero-order valence-electron chi connectivity index (χ0n) is 14.3. The van der Waals surface area contributed by atoms with Crippen molar-refractivity contribution in [3.8, 4) is 0 Å². The van der Waals surface area contributed by atoms with Gasteiger partial charge in [-0.15, -0.1) is 0 Å². The minimum absolute atomic E-state index is 0.120. The van der Waals surface area contributed by atoms with Gasteiger partial charge in [0.05, 0.1) is 37.1 Å². The molecule has 0 N–H and O–H groups in total. The molecule has 1 aliphatic heterocycles. The van der Waals surface area contributed by atoms with E-state index in [1.165, 1.54) is 18.3 Å². The molecule has 0 radical (unpaired) electrons. The number of aromatic nitrogens is 1. The van der Waals surface area contributed by atoms with Crippen LogP contribution in [-0.4, -0.2) is 57.1 Å². The molecule has 134 valence electrons. The van der Waals surface area contributed by atoms with E-state index in [4.69, 9.17) is 14.2 Å². The average Bonchev–Trinajstić information content (AvgIpc) is 2.61. The molecule has 1 unspecified atom stereocenters. The Morgan fingerprint density at radius 2 is 2.32 bits per heavy atom. The third kappa shape index (κ3) is 3.72. The number of hydrogen-bond donors (Lipinski definition) is 0. The molecule has 1 atom stereocenters. The van der Waals surface area contributed by atoms with Crippen LogP contribution in [0.3, 0.4) is 0 Å². The fourth-order valence-corrected chi connectivity index (χ4v) is 3.06. The maximum atomic E-state index is 13.9. The van der Waals surface area contributed by atoms with E-state index in [0.717, 1.165) is 0 Å². The van der Waals surface area contributed by atoms with Crippen LogP contribution in [0.1, 0.15) is 17.3 Å². The summed E-state index contributed by atoms with van der Waals surface area (Å²) in [4.78, 5) is 18.7. The molecule has 1 aliphatic rings. The molecule has 1 aromatic carbocycles. The summed E-state index contributed by atoms with van der Waals surface area (Å²) in [6.07, 6.45) is 1.37. The van der Waals surface area contributed by atoms with E-state index in [9.17, 15) is 9.18 Å². The van der Waals surface area contributed by atoms with Gasteiger partial charge in [0, 0.05) is 31.8 Å². The van der Waals surface area contributed by atoms with Crippen LogP contribution in [0.15, 0.2) is 24.4 Å². The van der Waals surface area contributed by atoms with Crippen LogP contribution in [0, 0.1) is 5.82 Å². The standard InChI is InChI=1S/C18H21FN2O4/c1-3-24-18(22)15-9-20-16-5-4-12(19)8-14(16)17(15)21-6-7-25-13(10-21)11-23-2/h4-5,8-9,13H,3,6-7,10-11H2,1-2H3. The van der Waals surface area contributed by atoms with Crippen molar-refractivity contribution >= 4 is 22.6 Å². The first-order valence-corrected chi connectivity index (χ1v) is 8.25. The van der Waals surface area contributed by atoms with Crippen LogP contribution in [-0.2, 0) is 14.2 Å². The van der Waals surface area contributed by atoms with Gasteiger partial charge in [0.1, 0.15) is 11.4 Å². The smallest absolute Gasteiger partial charge is 0.341 e. The number of methoxy groups -OCH3 is 1. The number of carbonyl (C=O) groups excluding carboxylic acids is 1. The highest BCUT2D eigenvalue weighted by atomic mass is 19.1. The molecule has 1 aromatic heterocycles. The predicted octanol–water partition coefficient (Wildman–Crippen LogP) is 2.40. The summed E-state index contributed by atoms with van der Waals surface area (Å²) in [5, 5.41) is 0.587. The zero-order valence-corrected chi connectivity index (χ0v) is 14.3. The van der Waals surface area contributed by atoms with Crippen LogP contribution in [0.4, 0.5) is 10.1 Å². The van der Waals surface area contributed by atoms with Gasteiger partial charge < -0.3 is 19.1 Å². The second kappa shape index (κ2) is 7.76. The Labute approximate surface area is 145 Å². The predicted molar refractivity (Wildman–Crippen MR) is 91.5 cm³/mol. The minimum atomic E-state index is -0.467. The molecule has 2 heterocycles. The number of nitrogens with zero attached hydrogens (tertiary/aromatic N) is 2. The fraction of sp³-hybridized carbons (Fsp3) is 0.444. The van der Waals surface area contributed by atoms with Gasteiger partial charge in [-0.3, -0.25) is 4.98 Å². The SMILES string of the molecule is CCOC(=O)c1cnc2ccc(F)cc2c1N1CCOC(COC)C1. The zero-order chi connectivity index (χ0) is 17.8. The topological polar surface area (TPSA) is 60.9 Å². The van der Waals surface area contributed by atoms with E-state index in [1.807, 2.05) is 4.90 Å². The Morgan fingerprint density at radius 3 is 3.08 bits per heavy atom. The number of hydrogen-bond acceptors (Lipinski definition) is 6. The lowest BCUT2D eigenvalue weighted by Crippen LogP contribution is -2.45. The van der Waals surface area contributed by atoms with Gasteiger partial charge in [0.2, 0.25) is 0 Å². The van der Waals surface area contributed by atoms with E-state index in [0.29, 0.717) is 48.5 Å². The van der Waals surface area contributed by atoms with Gasteiger partial charge in [0.15, 0.2) is 0 Å². The number of anilines is 1. The molecule has 1 saturated heterocycles. The number of rotatable bonds is 5. The van der Waals surface area contributed by atoms with Gasteiger partial charge >= 0.3 is 5.97 Å². The second-order valence-electron chi connectivity index (χ2n) is 5.80. The quantitative estimate of drug-likeness (QED) is 0.774. The maximum absolute atomic E-state index is 13.9. The average molecular weight is 348 g/mol. The monoisotopic (exact) mass is 348 g/mol. The summed E-state index contributed by atoms with van der Waals surface area (Å²) < 4.78 is 29.9. The van der Waals surface area contributed by atoms with Crippen LogP contribution in [0.2, 0.25) is 0 Å². The van der Waals surface area contributed by atoms with Crippen molar-refractivity contribution in [2.24, 2.45) is 0 Å². The lowest BCUT2D eigenvalue weighted by molar-refractivity contribution is -0.0100. The van der Waals surface area contributed by atoms with E-state index < -0.39 is 5.97 Å². The van der Waals surface area contributed by atoms with Gasteiger partial charge in [-0.25, -0.2) is 9.18 Å². The molecular weight excluding hydrogens is 327 g/mol. The van der Waals surface area contributed by atoms with Crippen molar-refractivity contribution in [3.63, 3.8) is 0 Å². The highest BCUT2D eigenvalue weighted by Gasteiger charge is 2.27. The normalized spacial score (nSPS) is 17.7. The number of pyridine rings is 1. The van der Waals surface area contributed by atoms with Crippen molar-refractivity contribution in [1.82, 2.24) is 4.98 Å². The number of esters is 1. The van der Waals surface area contributed by atoms with E-state index in [-0.39, 0.29) is 18.5 Å². The first-order chi connectivity index (χ1) is 12.1. The number of fused-ring (bicyclic) bond motifs is 1. The molecule has 0 spiro atoms. The lowest BCUT2D eigenvalue weighted by Gasteiger charge is -2.35. The molecular formula is C18H21FN2O4. The Kier molecular flexibility index (Phi) is 5.45. The summed E-state index contributed by atoms with van der Waals surface area (Å²) in [7, 11) is 1.61. The molecule has 3 rings (SSSR count). The van der Waals surface area contributed by atoms with Gasteiger partial charge in [-0.2, -0.15) is 0 Å². The van der Waals surface area contributed by atoms with E-state index >= 15 is 0 Å². The Balaban J connectivity index is 2.10. The highest BCUT2D eigenvalue weighted by molar-refractivity contribution is 6.05. The van der Waals surface area contributed by atoms with Crippen molar-refractivity contribution in [2.45, 2.75) is 13.0 Å². The Bertz CT molecular complexity index is 766. The minimum Gasteiger partial charge on any atom is -0.462 e. The molecule has 0 bridgehead atoms. The van der Waals surface area contributed by atoms with Crippen LogP contribution < -0.4 is 4.90 Å². The molecule has 7 heteroatoms. The molecule has 0 saturated carbocycles. The second-order valence-corrected chi connectivity index (χ2v) is 5.80. The molecule has 6 nitrogen and oxygen atoms in total. The van der Waals surface area contributed by atoms with E-state index in [1.54, 1.807) is 20.1 Å². The summed E-state index contributed by atoms with van der Waals surface area (Å²) in [5.41, 5.74) is 1.59. The summed E-state index contributed by atoms with van der Waals surface area (Å²) in [6, 6.07) is 4.37. The number of carbonyl (C=O) groups is 1. The van der Waals surface area contributed by atoms with E-state index in [2.05, 4.69) is 4.98 Å². The van der Waals surface area contributed by atoms with Crippen molar-refractivity contribution in [1.29, 1.82) is 0 Å². The van der Waals surface area contributed by atoms with Crippen LogP contribution in [0.25, 0.3) is 10.9 Å². The van der Waals surface area contributed by atoms with Crippen molar-refractivity contribution < 1.29 is 23.4 Å². The van der Waals surface area contributed by atoms with Crippen LogP contribution in [0.5, 0.6) is 0 Å². The Morgan fingerprint density at radius 1 is 1.48 bits per heavy atom. The first-order valence-electron chi connectivity index (χ1n) is 8.25. The number of morpholine rings is 1. The summed E-state index contributed by atoms with van der Waals surface area (Å²) in [6.45, 7) is 4.07. The van der Waals surface area contributed by atoms with Crippen molar-refractivity contribution in [3.05, 3.63) is 35.8 Å². The van der Waals surface area contributed by atoms with Gasteiger partial charge in [0.25, 0.3) is 0 Å². The largest absolute Gasteiger partial charge is 0.462 e. The Hall–Kier alpha value is -2.25. The number of benzene rings is 1. The number of halogens is 1.